The molecule has 2 amide bonds. The van der Waals surface area contributed by atoms with Crippen LogP contribution < -0.4 is 16.0 Å². The zero-order valence-electron chi connectivity index (χ0n) is 11.4. The number of benzene rings is 2. The number of carbonyl (C=O) groups excluding carboxylic acids is 1. The second-order valence-electron chi connectivity index (χ2n) is 4.28. The first kappa shape index (κ1) is 15.4. The number of carbonyl (C=O) groups is 1. The zero-order valence-corrected chi connectivity index (χ0v) is 12.1. The molecule has 4 N–H and O–H groups in total. The van der Waals surface area contributed by atoms with Crippen LogP contribution in [-0.4, -0.2) is 12.0 Å². The number of nitrogens with zero attached hydrogens (tertiary/aromatic N) is 1. The lowest BCUT2D eigenvalue weighted by Crippen LogP contribution is -2.38. The Morgan fingerprint density at radius 3 is 2.14 bits per heavy atom. The third kappa shape index (κ3) is 4.51. The van der Waals surface area contributed by atoms with Crippen molar-refractivity contribution in [2.75, 3.05) is 10.6 Å². The molecule has 2 aromatic carbocycles. The highest BCUT2D eigenvalue weighted by Gasteiger charge is 2.05. The van der Waals surface area contributed by atoms with E-state index < -0.39 is 6.03 Å². The van der Waals surface area contributed by atoms with Crippen LogP contribution in [0.4, 0.5) is 16.2 Å². The van der Waals surface area contributed by atoms with E-state index in [-0.39, 0.29) is 5.96 Å². The van der Waals surface area contributed by atoms with E-state index in [1.807, 2.05) is 6.07 Å². The van der Waals surface area contributed by atoms with E-state index in [2.05, 4.69) is 16.0 Å². The van der Waals surface area contributed by atoms with Gasteiger partial charge in [-0.15, -0.1) is 0 Å². The molecule has 0 saturated carbocycles. The standard InChI is InChI=1S/C15H12ClN5O/c16-11-3-7-12(8-4-11)19-14(18)21-15(22)20-13-5-1-10(9-17)2-6-13/h1-8H,(H4,18,19,20,21,22). The Kier molecular flexibility index (Phi) is 4.96. The van der Waals surface area contributed by atoms with Gasteiger partial charge in [0.2, 0.25) is 5.96 Å². The van der Waals surface area contributed by atoms with Gasteiger partial charge in [-0.25, -0.2) is 4.79 Å². The zero-order chi connectivity index (χ0) is 15.9. The minimum absolute atomic E-state index is 0.173. The van der Waals surface area contributed by atoms with Gasteiger partial charge in [-0.1, -0.05) is 11.6 Å². The minimum atomic E-state index is -0.559. The molecule has 0 aromatic heterocycles. The fourth-order valence-electron chi connectivity index (χ4n) is 1.61. The first-order valence-electron chi connectivity index (χ1n) is 6.26. The fourth-order valence-corrected chi connectivity index (χ4v) is 1.74. The number of hydrogen-bond acceptors (Lipinski definition) is 3. The second-order valence-corrected chi connectivity index (χ2v) is 4.71. The summed E-state index contributed by atoms with van der Waals surface area (Å²) < 4.78 is 0. The highest BCUT2D eigenvalue weighted by atomic mass is 35.5. The summed E-state index contributed by atoms with van der Waals surface area (Å²) in [7, 11) is 0. The molecule has 0 spiro atoms. The lowest BCUT2D eigenvalue weighted by atomic mass is 10.2. The van der Waals surface area contributed by atoms with Crippen molar-refractivity contribution in [3.63, 3.8) is 0 Å². The smallest absolute Gasteiger partial charge is 0.325 e. The van der Waals surface area contributed by atoms with Crippen molar-refractivity contribution in [3.05, 3.63) is 59.1 Å². The molecule has 110 valence electrons. The molecule has 0 aliphatic rings. The summed E-state index contributed by atoms with van der Waals surface area (Å²) in [5, 5.41) is 24.6. The summed E-state index contributed by atoms with van der Waals surface area (Å²) in [6, 6.07) is 14.6. The second kappa shape index (κ2) is 7.11. The average Bonchev–Trinajstić information content (AvgIpc) is 2.50. The quantitative estimate of drug-likeness (QED) is 0.505. The van der Waals surface area contributed by atoms with Crippen LogP contribution in [-0.2, 0) is 0 Å². The van der Waals surface area contributed by atoms with E-state index in [9.17, 15) is 4.79 Å². The molecule has 2 rings (SSSR count). The Morgan fingerprint density at radius 2 is 1.55 bits per heavy atom. The van der Waals surface area contributed by atoms with Crippen LogP contribution in [0.3, 0.4) is 0 Å². The summed E-state index contributed by atoms with van der Waals surface area (Å²) >= 11 is 5.76. The van der Waals surface area contributed by atoms with Gasteiger partial charge in [0.15, 0.2) is 0 Å². The molecular weight excluding hydrogens is 302 g/mol. The molecule has 0 atom stereocenters. The maximum absolute atomic E-state index is 11.7. The molecule has 7 heteroatoms. The number of nitrogens with one attached hydrogen (secondary N) is 4. The number of amides is 2. The third-order valence-corrected chi connectivity index (χ3v) is 2.88. The highest BCUT2D eigenvalue weighted by molar-refractivity contribution is 6.30. The normalized spacial score (nSPS) is 9.45. The summed E-state index contributed by atoms with van der Waals surface area (Å²) in [4.78, 5) is 11.7. The third-order valence-electron chi connectivity index (χ3n) is 2.62. The van der Waals surface area contributed by atoms with E-state index in [4.69, 9.17) is 22.3 Å². The van der Waals surface area contributed by atoms with Crippen LogP contribution in [0.1, 0.15) is 5.56 Å². The van der Waals surface area contributed by atoms with Crippen LogP contribution in [0, 0.1) is 16.7 Å². The maximum Gasteiger partial charge on any atom is 0.325 e. The van der Waals surface area contributed by atoms with Gasteiger partial charge in [-0.3, -0.25) is 10.7 Å². The van der Waals surface area contributed by atoms with Crippen molar-refractivity contribution < 1.29 is 4.79 Å². The molecule has 0 fully saturated rings. The molecule has 6 nitrogen and oxygen atoms in total. The molecule has 0 heterocycles. The van der Waals surface area contributed by atoms with E-state index in [0.29, 0.717) is 22.0 Å². The van der Waals surface area contributed by atoms with Gasteiger partial charge in [0.25, 0.3) is 0 Å². The lowest BCUT2D eigenvalue weighted by Gasteiger charge is -2.10. The molecule has 2 aromatic rings. The van der Waals surface area contributed by atoms with E-state index in [1.54, 1.807) is 48.5 Å². The van der Waals surface area contributed by atoms with Crippen molar-refractivity contribution in [2.24, 2.45) is 0 Å². The van der Waals surface area contributed by atoms with Crippen LogP contribution in [0.5, 0.6) is 0 Å². The van der Waals surface area contributed by atoms with Crippen molar-refractivity contribution >= 4 is 35.0 Å². The molecule has 0 aliphatic heterocycles. The number of rotatable bonds is 2. The minimum Gasteiger partial charge on any atom is -0.326 e. The van der Waals surface area contributed by atoms with Crippen LogP contribution in [0.25, 0.3) is 0 Å². The van der Waals surface area contributed by atoms with Crippen LogP contribution >= 0.6 is 11.6 Å². The molecular formula is C15H12ClN5O. The number of hydrogen-bond donors (Lipinski definition) is 4. The average molecular weight is 314 g/mol. The van der Waals surface area contributed by atoms with Gasteiger partial charge in [0, 0.05) is 16.4 Å². The van der Waals surface area contributed by atoms with Crippen LogP contribution in [0.2, 0.25) is 5.02 Å². The van der Waals surface area contributed by atoms with Gasteiger partial charge in [-0.2, -0.15) is 5.26 Å². The number of anilines is 2. The topological polar surface area (TPSA) is 101 Å². The summed E-state index contributed by atoms with van der Waals surface area (Å²) in [6.07, 6.45) is 0. The Morgan fingerprint density at radius 1 is 1.00 bits per heavy atom. The van der Waals surface area contributed by atoms with Crippen molar-refractivity contribution in [1.82, 2.24) is 5.32 Å². The van der Waals surface area contributed by atoms with E-state index in [1.165, 1.54) is 0 Å². The monoisotopic (exact) mass is 313 g/mol. The Bertz CT molecular complexity index is 719. The SMILES string of the molecule is N#Cc1ccc(NC(=O)NC(=N)Nc2ccc(Cl)cc2)cc1. The Balaban J connectivity index is 1.86. The van der Waals surface area contributed by atoms with Gasteiger partial charge < -0.3 is 10.6 Å². The van der Waals surface area contributed by atoms with Gasteiger partial charge >= 0.3 is 6.03 Å². The highest BCUT2D eigenvalue weighted by Crippen LogP contribution is 2.13. The summed E-state index contributed by atoms with van der Waals surface area (Å²) in [6.45, 7) is 0. The predicted octanol–water partition coefficient (Wildman–Crippen LogP) is 3.38. The van der Waals surface area contributed by atoms with Crippen LogP contribution in [0.15, 0.2) is 48.5 Å². The van der Waals surface area contributed by atoms with E-state index >= 15 is 0 Å². The van der Waals surface area contributed by atoms with Gasteiger partial charge in [0.05, 0.1) is 11.6 Å². The number of halogens is 1. The summed E-state index contributed by atoms with van der Waals surface area (Å²) in [5.41, 5.74) is 1.66. The van der Waals surface area contributed by atoms with Crippen molar-refractivity contribution in [3.8, 4) is 6.07 Å². The Labute approximate surface area is 132 Å². The first-order chi connectivity index (χ1) is 10.6. The van der Waals surface area contributed by atoms with Gasteiger partial charge in [-0.05, 0) is 48.5 Å². The Hall–Kier alpha value is -3.04. The molecule has 0 aliphatic carbocycles. The van der Waals surface area contributed by atoms with Gasteiger partial charge in [0.1, 0.15) is 0 Å². The molecule has 0 unspecified atom stereocenters. The number of guanidine groups is 1. The summed E-state index contributed by atoms with van der Waals surface area (Å²) in [5.74, 6) is -0.173. The maximum atomic E-state index is 11.7. The largest absolute Gasteiger partial charge is 0.326 e. The predicted molar refractivity (Wildman–Crippen MR) is 86.1 cm³/mol. The molecule has 0 saturated heterocycles. The molecule has 22 heavy (non-hydrogen) atoms. The number of urea groups is 1. The van der Waals surface area contributed by atoms with E-state index in [0.717, 1.165) is 0 Å². The fraction of sp³-hybridized carbons (Fsp3) is 0. The lowest BCUT2D eigenvalue weighted by molar-refractivity contribution is 0.256. The first-order valence-corrected chi connectivity index (χ1v) is 6.64. The number of nitriles is 1. The molecule has 0 radical (unpaired) electrons. The molecule has 0 bridgehead atoms. The van der Waals surface area contributed by atoms with Crippen molar-refractivity contribution in [1.29, 1.82) is 10.7 Å². The van der Waals surface area contributed by atoms with Crippen molar-refractivity contribution in [2.45, 2.75) is 0 Å².